The topological polar surface area (TPSA) is 16.4 Å². The molecule has 0 fully saturated rings. The summed E-state index contributed by atoms with van der Waals surface area (Å²) < 4.78 is 9.45. The summed E-state index contributed by atoms with van der Waals surface area (Å²) in [7, 11) is 0. The maximum Gasteiger partial charge on any atom is 0.144 e. The minimum Gasteiger partial charge on any atom is -0.455 e. The summed E-state index contributed by atoms with van der Waals surface area (Å²) >= 11 is 1.86. The minimum atomic E-state index is 0.884. The van der Waals surface area contributed by atoms with Crippen molar-refractivity contribution in [3.63, 3.8) is 0 Å². The van der Waals surface area contributed by atoms with Crippen LogP contribution in [0.1, 0.15) is 0 Å². The molecule has 0 saturated carbocycles. The predicted octanol–water partition coefficient (Wildman–Crippen LogP) is 13.9. The summed E-state index contributed by atoms with van der Waals surface area (Å²) in [6.07, 6.45) is 0. The molecule has 0 atom stereocenters. The molecule has 3 heteroatoms. The van der Waals surface area contributed by atoms with Crippen LogP contribution in [0.5, 0.6) is 0 Å². The Labute approximate surface area is 287 Å². The van der Waals surface area contributed by atoms with E-state index in [2.05, 4.69) is 181 Å². The molecule has 8 aromatic carbocycles. The summed E-state index contributed by atoms with van der Waals surface area (Å²) in [5, 5.41) is 7.34. The van der Waals surface area contributed by atoms with E-state index in [0.29, 0.717) is 0 Å². The molecule has 49 heavy (non-hydrogen) atoms. The molecule has 230 valence electrons. The molecule has 0 aliphatic heterocycles. The normalized spacial score (nSPS) is 11.7. The molecule has 0 aliphatic carbocycles. The number of rotatable bonds is 5. The fraction of sp³-hybridized carbons (Fsp3) is 0. The third-order valence-electron chi connectivity index (χ3n) is 9.66. The smallest absolute Gasteiger partial charge is 0.144 e. The first-order valence-corrected chi connectivity index (χ1v) is 17.4. The van der Waals surface area contributed by atoms with Gasteiger partial charge < -0.3 is 9.32 Å². The van der Waals surface area contributed by atoms with Crippen LogP contribution in [0.2, 0.25) is 0 Å². The van der Waals surface area contributed by atoms with Gasteiger partial charge in [0.25, 0.3) is 0 Å². The van der Waals surface area contributed by atoms with Crippen molar-refractivity contribution in [1.29, 1.82) is 0 Å². The zero-order valence-corrected chi connectivity index (χ0v) is 27.3. The summed E-state index contributed by atoms with van der Waals surface area (Å²) in [6, 6.07) is 62.9. The van der Waals surface area contributed by atoms with Gasteiger partial charge in [0, 0.05) is 59.5 Å². The van der Waals surface area contributed by atoms with Gasteiger partial charge in [0.2, 0.25) is 0 Å². The van der Waals surface area contributed by atoms with Crippen molar-refractivity contribution in [3.05, 3.63) is 176 Å². The molecule has 0 bridgehead atoms. The molecule has 0 unspecified atom stereocenters. The van der Waals surface area contributed by atoms with Crippen molar-refractivity contribution in [2.75, 3.05) is 4.90 Å². The largest absolute Gasteiger partial charge is 0.455 e. The zero-order chi connectivity index (χ0) is 32.3. The van der Waals surface area contributed by atoms with Gasteiger partial charge in [-0.15, -0.1) is 11.3 Å². The number of furan rings is 1. The molecule has 10 rings (SSSR count). The lowest BCUT2D eigenvalue weighted by molar-refractivity contribution is 0.673. The van der Waals surface area contributed by atoms with E-state index in [0.717, 1.165) is 39.0 Å². The number of anilines is 3. The second kappa shape index (κ2) is 11.2. The van der Waals surface area contributed by atoms with E-state index >= 15 is 0 Å². The molecule has 2 heterocycles. The third-order valence-corrected chi connectivity index (χ3v) is 10.8. The van der Waals surface area contributed by atoms with Crippen molar-refractivity contribution in [3.8, 4) is 22.3 Å². The van der Waals surface area contributed by atoms with Gasteiger partial charge in [-0.3, -0.25) is 0 Å². The first-order valence-electron chi connectivity index (χ1n) is 16.6. The minimum absolute atomic E-state index is 0.884. The SMILES string of the molecule is c1ccc(-c2ccc(N(c3ccc(-c4ccccc4)cc3)c3ccc4c(c3)oc3c5ccccc5c5c6ccccc6sc5c43)cc2)cc1. The Morgan fingerprint density at radius 2 is 0.898 bits per heavy atom. The average molecular weight is 644 g/mol. The van der Waals surface area contributed by atoms with Crippen LogP contribution >= 0.6 is 11.3 Å². The van der Waals surface area contributed by atoms with E-state index in [1.54, 1.807) is 0 Å². The molecule has 0 amide bonds. The van der Waals surface area contributed by atoms with Gasteiger partial charge in [-0.05, 0) is 70.1 Å². The van der Waals surface area contributed by atoms with Crippen LogP contribution < -0.4 is 4.90 Å². The van der Waals surface area contributed by atoms with Crippen molar-refractivity contribution in [2.24, 2.45) is 0 Å². The van der Waals surface area contributed by atoms with Crippen LogP contribution in [0.25, 0.3) is 75.1 Å². The van der Waals surface area contributed by atoms with Gasteiger partial charge in [-0.25, -0.2) is 0 Å². The first kappa shape index (κ1) is 27.9. The number of benzene rings is 8. The van der Waals surface area contributed by atoms with E-state index in [9.17, 15) is 0 Å². The highest BCUT2D eigenvalue weighted by Crippen LogP contribution is 2.48. The Morgan fingerprint density at radius 3 is 1.53 bits per heavy atom. The molecule has 0 spiro atoms. The maximum absolute atomic E-state index is 6.87. The number of thiophene rings is 1. The molecule has 2 aromatic heterocycles. The Kier molecular flexibility index (Phi) is 6.39. The fourth-order valence-corrected chi connectivity index (χ4v) is 8.62. The van der Waals surface area contributed by atoms with E-state index in [1.165, 1.54) is 53.2 Å². The maximum atomic E-state index is 6.87. The number of fused-ring (bicyclic) bond motifs is 10. The van der Waals surface area contributed by atoms with Crippen molar-refractivity contribution in [1.82, 2.24) is 0 Å². The highest BCUT2D eigenvalue weighted by atomic mass is 32.1. The molecule has 0 saturated heterocycles. The zero-order valence-electron chi connectivity index (χ0n) is 26.5. The van der Waals surface area contributed by atoms with Gasteiger partial charge in [-0.1, -0.05) is 127 Å². The molecule has 0 N–H and O–H groups in total. The Balaban J connectivity index is 1.17. The summed E-state index contributed by atoms with van der Waals surface area (Å²) in [5.74, 6) is 0. The molecule has 10 aromatic rings. The van der Waals surface area contributed by atoms with Gasteiger partial charge in [0.15, 0.2) is 0 Å². The van der Waals surface area contributed by atoms with Crippen LogP contribution in [-0.2, 0) is 0 Å². The van der Waals surface area contributed by atoms with Gasteiger partial charge >= 0.3 is 0 Å². The predicted molar refractivity (Wildman–Crippen MR) is 210 cm³/mol. The van der Waals surface area contributed by atoms with Crippen LogP contribution in [-0.4, -0.2) is 0 Å². The van der Waals surface area contributed by atoms with Crippen LogP contribution in [0.15, 0.2) is 180 Å². The van der Waals surface area contributed by atoms with Crippen molar-refractivity contribution >= 4 is 81.3 Å². The molecule has 2 nitrogen and oxygen atoms in total. The monoisotopic (exact) mass is 643 g/mol. The van der Waals surface area contributed by atoms with E-state index in [-0.39, 0.29) is 0 Å². The van der Waals surface area contributed by atoms with Crippen LogP contribution in [0, 0.1) is 0 Å². The third kappa shape index (κ3) is 4.55. The summed E-state index contributed by atoms with van der Waals surface area (Å²) in [4.78, 5) is 2.32. The Hall–Kier alpha value is -6.16. The van der Waals surface area contributed by atoms with E-state index in [4.69, 9.17) is 4.42 Å². The highest BCUT2D eigenvalue weighted by Gasteiger charge is 2.21. The molecule has 0 aliphatic rings. The standard InChI is InChI=1S/C46H29NOS/c1-3-11-30(12-4-1)32-19-23-34(24-20-32)47(35-25-21-33(22-26-35)31-13-5-2-6-14-31)36-27-28-39-41(29-36)48-45-38-16-8-7-15-37(38)43-40-17-9-10-18-42(40)49-46(43)44(39)45/h1-29H. The average Bonchev–Trinajstić information content (AvgIpc) is 3.75. The molecule has 0 radical (unpaired) electrons. The van der Waals surface area contributed by atoms with E-state index < -0.39 is 0 Å². The Morgan fingerprint density at radius 1 is 0.388 bits per heavy atom. The van der Waals surface area contributed by atoms with Crippen LogP contribution in [0.3, 0.4) is 0 Å². The quantitative estimate of drug-likeness (QED) is 0.186. The second-order valence-corrected chi connectivity index (χ2v) is 13.5. The lowest BCUT2D eigenvalue weighted by Crippen LogP contribution is -2.09. The lowest BCUT2D eigenvalue weighted by Gasteiger charge is -2.26. The van der Waals surface area contributed by atoms with Gasteiger partial charge in [0.1, 0.15) is 11.2 Å². The van der Waals surface area contributed by atoms with Gasteiger partial charge in [-0.2, -0.15) is 0 Å². The van der Waals surface area contributed by atoms with Crippen LogP contribution in [0.4, 0.5) is 17.1 Å². The number of nitrogens with zero attached hydrogens (tertiary/aromatic N) is 1. The number of hydrogen-bond donors (Lipinski definition) is 0. The highest BCUT2D eigenvalue weighted by molar-refractivity contribution is 7.27. The summed E-state index contributed by atoms with van der Waals surface area (Å²) in [6.45, 7) is 0. The van der Waals surface area contributed by atoms with Gasteiger partial charge in [0.05, 0.1) is 0 Å². The Bertz CT molecular complexity index is 2710. The van der Waals surface area contributed by atoms with E-state index in [1.807, 2.05) is 11.3 Å². The van der Waals surface area contributed by atoms with Crippen molar-refractivity contribution < 1.29 is 4.42 Å². The fourth-order valence-electron chi connectivity index (χ4n) is 7.34. The second-order valence-electron chi connectivity index (χ2n) is 12.5. The molecular weight excluding hydrogens is 615 g/mol. The van der Waals surface area contributed by atoms with Crippen molar-refractivity contribution in [2.45, 2.75) is 0 Å². The molecular formula is C46H29NOS. The summed E-state index contributed by atoms with van der Waals surface area (Å²) in [5.41, 5.74) is 9.84. The lowest BCUT2D eigenvalue weighted by atomic mass is 10.00. The first-order chi connectivity index (χ1) is 24.3. The number of hydrogen-bond acceptors (Lipinski definition) is 3.